The molecule has 4 rings (SSSR count). The lowest BCUT2D eigenvalue weighted by Crippen LogP contribution is -2.13. The molecule has 3 aromatic rings. The molecule has 3 aromatic carbocycles. The van der Waals surface area contributed by atoms with Crippen molar-refractivity contribution in [3.05, 3.63) is 78.1 Å². The third-order valence-corrected chi connectivity index (χ3v) is 3.93. The fourth-order valence-electron chi connectivity index (χ4n) is 2.65. The highest BCUT2D eigenvalue weighted by Crippen LogP contribution is 2.34. The Labute approximate surface area is 149 Å². The first-order chi connectivity index (χ1) is 12.7. The molecular formula is C20H15FN2O3. The molecule has 1 heterocycles. The number of anilines is 3. The summed E-state index contributed by atoms with van der Waals surface area (Å²) in [6.07, 6.45) is 0. The molecule has 1 aliphatic rings. The Kier molecular flexibility index (Phi) is 4.15. The maximum atomic E-state index is 13.1. The van der Waals surface area contributed by atoms with Crippen molar-refractivity contribution in [3.63, 3.8) is 0 Å². The molecule has 0 radical (unpaired) electrons. The number of ether oxygens (including phenoxy) is 2. The van der Waals surface area contributed by atoms with E-state index < -0.39 is 0 Å². The number of carbonyl (C=O) groups excluding carboxylic acids is 1. The molecule has 6 heteroatoms. The van der Waals surface area contributed by atoms with E-state index >= 15 is 0 Å². The van der Waals surface area contributed by atoms with Gasteiger partial charge in [0.25, 0.3) is 5.91 Å². The quantitative estimate of drug-likeness (QED) is 0.725. The summed E-state index contributed by atoms with van der Waals surface area (Å²) < 4.78 is 23.6. The number of carbonyl (C=O) groups is 1. The van der Waals surface area contributed by atoms with E-state index in [1.165, 1.54) is 12.1 Å². The summed E-state index contributed by atoms with van der Waals surface area (Å²) in [6, 6.07) is 18.3. The van der Waals surface area contributed by atoms with Crippen LogP contribution >= 0.6 is 0 Å². The fourth-order valence-corrected chi connectivity index (χ4v) is 2.65. The van der Waals surface area contributed by atoms with Crippen molar-refractivity contribution in [2.24, 2.45) is 0 Å². The number of nitrogens with one attached hydrogen (secondary N) is 2. The van der Waals surface area contributed by atoms with Gasteiger partial charge < -0.3 is 20.1 Å². The molecule has 0 bridgehead atoms. The highest BCUT2D eigenvalue weighted by molar-refractivity contribution is 6.08. The Balaban J connectivity index is 1.55. The van der Waals surface area contributed by atoms with Gasteiger partial charge in [0, 0.05) is 17.4 Å². The SMILES string of the molecule is O=C(Nc1ccc2c(c1)OCO2)c1ccccc1Nc1ccc(F)cc1. The third-order valence-electron chi connectivity index (χ3n) is 3.93. The number of halogens is 1. The molecule has 1 amide bonds. The van der Waals surface area contributed by atoms with Crippen LogP contribution in [0.15, 0.2) is 66.7 Å². The Morgan fingerprint density at radius 1 is 0.885 bits per heavy atom. The van der Waals surface area contributed by atoms with Gasteiger partial charge in [-0.2, -0.15) is 0 Å². The van der Waals surface area contributed by atoms with E-state index in [0.717, 1.165) is 0 Å². The molecule has 0 aliphatic carbocycles. The zero-order chi connectivity index (χ0) is 17.9. The van der Waals surface area contributed by atoms with E-state index in [1.807, 2.05) is 6.07 Å². The minimum absolute atomic E-state index is 0.178. The summed E-state index contributed by atoms with van der Waals surface area (Å²) in [4.78, 5) is 12.7. The average molecular weight is 350 g/mol. The Morgan fingerprint density at radius 3 is 2.46 bits per heavy atom. The van der Waals surface area contributed by atoms with Gasteiger partial charge >= 0.3 is 0 Å². The highest BCUT2D eigenvalue weighted by atomic mass is 19.1. The maximum Gasteiger partial charge on any atom is 0.257 e. The molecule has 1 aliphatic heterocycles. The standard InChI is InChI=1S/C20H15FN2O3/c21-13-5-7-14(8-6-13)22-17-4-2-1-3-16(17)20(24)23-15-9-10-18-19(11-15)26-12-25-18/h1-11,22H,12H2,(H,23,24). The Morgan fingerprint density at radius 2 is 1.62 bits per heavy atom. The van der Waals surface area contributed by atoms with Crippen LogP contribution in [0.25, 0.3) is 0 Å². The van der Waals surface area contributed by atoms with Gasteiger partial charge in [-0.3, -0.25) is 4.79 Å². The van der Waals surface area contributed by atoms with Crippen molar-refractivity contribution in [2.75, 3.05) is 17.4 Å². The normalized spacial score (nSPS) is 11.9. The molecular weight excluding hydrogens is 335 g/mol. The predicted molar refractivity (Wildman–Crippen MR) is 96.6 cm³/mol. The van der Waals surface area contributed by atoms with Crippen LogP contribution in [0.2, 0.25) is 0 Å². The second kappa shape index (κ2) is 6.76. The van der Waals surface area contributed by atoms with Crippen molar-refractivity contribution in [3.8, 4) is 11.5 Å². The number of benzene rings is 3. The minimum Gasteiger partial charge on any atom is -0.454 e. The molecule has 2 N–H and O–H groups in total. The maximum absolute atomic E-state index is 13.1. The first kappa shape index (κ1) is 16.0. The van der Waals surface area contributed by atoms with Gasteiger partial charge in [-0.05, 0) is 48.5 Å². The number of hydrogen-bond acceptors (Lipinski definition) is 4. The van der Waals surface area contributed by atoms with E-state index in [4.69, 9.17) is 9.47 Å². The molecule has 26 heavy (non-hydrogen) atoms. The fraction of sp³-hybridized carbons (Fsp3) is 0.0500. The molecule has 0 atom stereocenters. The molecule has 0 fully saturated rings. The largest absolute Gasteiger partial charge is 0.454 e. The summed E-state index contributed by atoms with van der Waals surface area (Å²) in [5, 5.41) is 5.98. The first-order valence-electron chi connectivity index (χ1n) is 8.02. The molecule has 0 saturated heterocycles. The van der Waals surface area contributed by atoms with Crippen molar-refractivity contribution in [2.45, 2.75) is 0 Å². The van der Waals surface area contributed by atoms with Gasteiger partial charge in [0.2, 0.25) is 6.79 Å². The van der Waals surface area contributed by atoms with Crippen LogP contribution in [0.3, 0.4) is 0 Å². The van der Waals surface area contributed by atoms with Crippen LogP contribution in [0.5, 0.6) is 11.5 Å². The van der Waals surface area contributed by atoms with Crippen LogP contribution in [-0.4, -0.2) is 12.7 Å². The lowest BCUT2D eigenvalue weighted by Gasteiger charge is -2.12. The molecule has 0 aromatic heterocycles. The zero-order valence-electron chi connectivity index (χ0n) is 13.7. The third kappa shape index (κ3) is 3.30. The molecule has 0 spiro atoms. The number of fused-ring (bicyclic) bond motifs is 1. The van der Waals surface area contributed by atoms with Gasteiger partial charge in [-0.1, -0.05) is 12.1 Å². The van der Waals surface area contributed by atoms with E-state index in [9.17, 15) is 9.18 Å². The van der Waals surface area contributed by atoms with Crippen LogP contribution in [-0.2, 0) is 0 Å². The summed E-state index contributed by atoms with van der Waals surface area (Å²) in [5.74, 6) is 0.667. The number of para-hydroxylation sites is 1. The summed E-state index contributed by atoms with van der Waals surface area (Å²) in [7, 11) is 0. The Hall–Kier alpha value is -3.54. The van der Waals surface area contributed by atoms with Crippen molar-refractivity contribution in [1.29, 1.82) is 0 Å². The smallest absolute Gasteiger partial charge is 0.257 e. The molecule has 0 unspecified atom stereocenters. The average Bonchev–Trinajstić information content (AvgIpc) is 3.12. The van der Waals surface area contributed by atoms with Crippen LogP contribution in [0, 0.1) is 5.82 Å². The second-order valence-corrected chi connectivity index (χ2v) is 5.70. The molecule has 130 valence electrons. The van der Waals surface area contributed by atoms with Gasteiger partial charge in [-0.25, -0.2) is 4.39 Å². The van der Waals surface area contributed by atoms with Crippen LogP contribution in [0.4, 0.5) is 21.5 Å². The summed E-state index contributed by atoms with van der Waals surface area (Å²) in [6.45, 7) is 0.178. The summed E-state index contributed by atoms with van der Waals surface area (Å²) >= 11 is 0. The van der Waals surface area contributed by atoms with Gasteiger partial charge in [0.05, 0.1) is 11.3 Å². The van der Waals surface area contributed by atoms with E-state index in [2.05, 4.69) is 10.6 Å². The number of amides is 1. The van der Waals surface area contributed by atoms with E-state index in [0.29, 0.717) is 34.1 Å². The lowest BCUT2D eigenvalue weighted by molar-refractivity contribution is 0.102. The minimum atomic E-state index is -0.315. The van der Waals surface area contributed by atoms with Crippen LogP contribution in [0.1, 0.15) is 10.4 Å². The molecule has 0 saturated carbocycles. The highest BCUT2D eigenvalue weighted by Gasteiger charge is 2.16. The number of rotatable bonds is 4. The lowest BCUT2D eigenvalue weighted by atomic mass is 10.1. The molecule has 5 nitrogen and oxygen atoms in total. The predicted octanol–water partition coefficient (Wildman–Crippen LogP) is 4.55. The second-order valence-electron chi connectivity index (χ2n) is 5.70. The topological polar surface area (TPSA) is 59.6 Å². The monoisotopic (exact) mass is 350 g/mol. The van der Waals surface area contributed by atoms with Crippen molar-refractivity contribution >= 4 is 23.0 Å². The van der Waals surface area contributed by atoms with E-state index in [-0.39, 0.29) is 18.5 Å². The van der Waals surface area contributed by atoms with Gasteiger partial charge in [0.15, 0.2) is 11.5 Å². The first-order valence-corrected chi connectivity index (χ1v) is 8.02. The van der Waals surface area contributed by atoms with Crippen LogP contribution < -0.4 is 20.1 Å². The van der Waals surface area contributed by atoms with Crippen molar-refractivity contribution in [1.82, 2.24) is 0 Å². The summed E-state index contributed by atoms with van der Waals surface area (Å²) in [5.41, 5.74) is 2.39. The van der Waals surface area contributed by atoms with Gasteiger partial charge in [0.1, 0.15) is 5.82 Å². The number of hydrogen-bond donors (Lipinski definition) is 2. The van der Waals surface area contributed by atoms with Crippen molar-refractivity contribution < 1.29 is 18.7 Å². The zero-order valence-corrected chi connectivity index (χ0v) is 13.7. The van der Waals surface area contributed by atoms with E-state index in [1.54, 1.807) is 48.5 Å². The Bertz CT molecular complexity index is 958. The van der Waals surface area contributed by atoms with Gasteiger partial charge in [-0.15, -0.1) is 0 Å².